The fraction of sp³-hybridized carbons (Fsp3) is 0.467. The van der Waals surface area contributed by atoms with Crippen molar-refractivity contribution in [3.8, 4) is 0 Å². The number of carbonyl (C=O) groups excluding carboxylic acids is 1. The lowest BCUT2D eigenvalue weighted by Crippen LogP contribution is -2.41. The number of hydrogen-bond donors (Lipinski definition) is 3. The van der Waals surface area contributed by atoms with Crippen molar-refractivity contribution in [1.29, 1.82) is 0 Å². The zero-order valence-corrected chi connectivity index (χ0v) is 12.2. The van der Waals surface area contributed by atoms with Crippen LogP contribution >= 0.6 is 0 Å². The SMILES string of the molecule is CN(Cc1cccc(/C(N)=N/O)c1)C(=O)NC1CCCC1. The molecule has 1 aromatic rings. The van der Waals surface area contributed by atoms with Gasteiger partial charge in [-0.2, -0.15) is 0 Å². The molecule has 0 atom stereocenters. The zero-order chi connectivity index (χ0) is 15.2. The van der Waals surface area contributed by atoms with Gasteiger partial charge in [0.1, 0.15) is 0 Å². The maximum atomic E-state index is 12.1. The van der Waals surface area contributed by atoms with Crippen LogP contribution in [0.1, 0.15) is 36.8 Å². The fourth-order valence-corrected chi connectivity index (χ4v) is 2.59. The highest BCUT2D eigenvalue weighted by atomic mass is 16.4. The minimum absolute atomic E-state index is 0.0592. The van der Waals surface area contributed by atoms with Crippen LogP contribution in [0.2, 0.25) is 0 Å². The van der Waals surface area contributed by atoms with E-state index in [2.05, 4.69) is 10.5 Å². The average Bonchev–Trinajstić information content (AvgIpc) is 2.99. The number of nitrogens with zero attached hydrogens (tertiary/aromatic N) is 2. The number of nitrogens with one attached hydrogen (secondary N) is 1. The molecule has 0 unspecified atom stereocenters. The van der Waals surface area contributed by atoms with Crippen LogP contribution in [0, 0.1) is 0 Å². The van der Waals surface area contributed by atoms with Crippen LogP contribution < -0.4 is 11.1 Å². The smallest absolute Gasteiger partial charge is 0.317 e. The molecule has 0 aromatic heterocycles. The van der Waals surface area contributed by atoms with Crippen LogP contribution in [-0.2, 0) is 6.54 Å². The number of urea groups is 1. The van der Waals surface area contributed by atoms with E-state index in [4.69, 9.17) is 10.9 Å². The Bertz CT molecular complexity index is 524. The lowest BCUT2D eigenvalue weighted by molar-refractivity contribution is 0.202. The first kappa shape index (κ1) is 15.2. The summed E-state index contributed by atoms with van der Waals surface area (Å²) in [5, 5.41) is 14.7. The van der Waals surface area contributed by atoms with Gasteiger partial charge < -0.3 is 21.2 Å². The van der Waals surface area contributed by atoms with Crippen molar-refractivity contribution >= 4 is 11.9 Å². The van der Waals surface area contributed by atoms with E-state index < -0.39 is 0 Å². The molecular formula is C15H22N4O2. The molecule has 0 aliphatic heterocycles. The van der Waals surface area contributed by atoms with Crippen LogP contribution in [0.4, 0.5) is 4.79 Å². The van der Waals surface area contributed by atoms with E-state index in [1.165, 1.54) is 12.8 Å². The Labute approximate surface area is 124 Å². The first-order valence-electron chi connectivity index (χ1n) is 7.18. The number of amides is 2. The third kappa shape index (κ3) is 4.11. The molecule has 0 heterocycles. The number of carbonyl (C=O) groups is 1. The normalized spacial score (nSPS) is 16.0. The van der Waals surface area contributed by atoms with E-state index in [1.54, 1.807) is 18.0 Å². The second kappa shape index (κ2) is 6.97. The highest BCUT2D eigenvalue weighted by Crippen LogP contribution is 2.18. The van der Waals surface area contributed by atoms with E-state index >= 15 is 0 Å². The van der Waals surface area contributed by atoms with Crippen molar-refractivity contribution in [2.75, 3.05) is 7.05 Å². The second-order valence-corrected chi connectivity index (χ2v) is 5.47. The monoisotopic (exact) mass is 290 g/mol. The Morgan fingerprint density at radius 1 is 1.48 bits per heavy atom. The Hall–Kier alpha value is -2.24. The zero-order valence-electron chi connectivity index (χ0n) is 12.2. The highest BCUT2D eigenvalue weighted by molar-refractivity contribution is 5.97. The van der Waals surface area contributed by atoms with Gasteiger partial charge in [-0.3, -0.25) is 0 Å². The third-order valence-electron chi connectivity index (χ3n) is 3.78. The quantitative estimate of drug-likeness (QED) is 0.342. The van der Waals surface area contributed by atoms with Crippen molar-refractivity contribution in [1.82, 2.24) is 10.2 Å². The van der Waals surface area contributed by atoms with E-state index in [0.29, 0.717) is 18.2 Å². The van der Waals surface area contributed by atoms with E-state index in [0.717, 1.165) is 18.4 Å². The van der Waals surface area contributed by atoms with Gasteiger partial charge in [0.15, 0.2) is 5.84 Å². The number of hydrogen-bond acceptors (Lipinski definition) is 3. The van der Waals surface area contributed by atoms with E-state index in [9.17, 15) is 4.79 Å². The minimum Gasteiger partial charge on any atom is -0.409 e. The van der Waals surface area contributed by atoms with Crippen molar-refractivity contribution < 1.29 is 10.0 Å². The largest absolute Gasteiger partial charge is 0.409 e. The lowest BCUT2D eigenvalue weighted by atomic mass is 10.1. The maximum Gasteiger partial charge on any atom is 0.317 e. The Morgan fingerprint density at radius 2 is 2.19 bits per heavy atom. The van der Waals surface area contributed by atoms with Gasteiger partial charge in [0.2, 0.25) is 0 Å². The summed E-state index contributed by atoms with van der Waals surface area (Å²) < 4.78 is 0. The van der Waals surface area contributed by atoms with Gasteiger partial charge in [-0.05, 0) is 24.5 Å². The molecule has 0 saturated heterocycles. The number of nitrogens with two attached hydrogens (primary N) is 1. The number of oxime groups is 1. The summed E-state index contributed by atoms with van der Waals surface area (Å²) in [5.41, 5.74) is 7.14. The first-order chi connectivity index (χ1) is 10.1. The number of benzene rings is 1. The van der Waals surface area contributed by atoms with Crippen molar-refractivity contribution in [3.05, 3.63) is 35.4 Å². The number of rotatable bonds is 4. The molecule has 2 rings (SSSR count). The first-order valence-corrected chi connectivity index (χ1v) is 7.18. The number of amidine groups is 1. The summed E-state index contributed by atoms with van der Waals surface area (Å²) in [6, 6.07) is 7.56. The molecule has 4 N–H and O–H groups in total. The summed E-state index contributed by atoms with van der Waals surface area (Å²) in [7, 11) is 1.76. The second-order valence-electron chi connectivity index (χ2n) is 5.47. The molecule has 0 bridgehead atoms. The van der Waals surface area contributed by atoms with Gasteiger partial charge in [0.25, 0.3) is 0 Å². The summed E-state index contributed by atoms with van der Waals surface area (Å²) in [6.45, 7) is 0.477. The minimum atomic E-state index is -0.0592. The lowest BCUT2D eigenvalue weighted by Gasteiger charge is -2.21. The Kier molecular flexibility index (Phi) is 5.03. The molecule has 1 aliphatic carbocycles. The molecule has 6 heteroatoms. The van der Waals surface area contributed by atoms with Crippen molar-refractivity contribution in [2.24, 2.45) is 10.9 Å². The Morgan fingerprint density at radius 3 is 2.86 bits per heavy atom. The topological polar surface area (TPSA) is 90.9 Å². The molecular weight excluding hydrogens is 268 g/mol. The maximum absolute atomic E-state index is 12.1. The van der Waals surface area contributed by atoms with Gasteiger partial charge in [-0.1, -0.05) is 36.2 Å². The fourth-order valence-electron chi connectivity index (χ4n) is 2.59. The molecule has 0 spiro atoms. The van der Waals surface area contributed by atoms with Gasteiger partial charge in [0, 0.05) is 25.2 Å². The predicted octanol–water partition coefficient (Wildman–Crippen LogP) is 1.87. The van der Waals surface area contributed by atoms with Gasteiger partial charge >= 0.3 is 6.03 Å². The van der Waals surface area contributed by atoms with E-state index in [1.807, 2.05) is 18.2 Å². The van der Waals surface area contributed by atoms with Crippen molar-refractivity contribution in [2.45, 2.75) is 38.3 Å². The summed E-state index contributed by atoms with van der Waals surface area (Å²) >= 11 is 0. The summed E-state index contributed by atoms with van der Waals surface area (Å²) in [5.74, 6) is 0.0647. The molecule has 2 amide bonds. The van der Waals surface area contributed by atoms with Crippen LogP contribution in [-0.4, -0.2) is 35.1 Å². The van der Waals surface area contributed by atoms with Crippen LogP contribution in [0.25, 0.3) is 0 Å². The molecule has 21 heavy (non-hydrogen) atoms. The highest BCUT2D eigenvalue weighted by Gasteiger charge is 2.19. The molecule has 1 aromatic carbocycles. The summed E-state index contributed by atoms with van der Waals surface area (Å²) in [6.07, 6.45) is 4.52. The van der Waals surface area contributed by atoms with Gasteiger partial charge in [-0.15, -0.1) is 0 Å². The molecule has 114 valence electrons. The third-order valence-corrected chi connectivity index (χ3v) is 3.78. The molecule has 1 fully saturated rings. The van der Waals surface area contributed by atoms with E-state index in [-0.39, 0.29) is 11.9 Å². The summed E-state index contributed by atoms with van der Waals surface area (Å²) in [4.78, 5) is 13.7. The predicted molar refractivity (Wildman–Crippen MR) is 81.2 cm³/mol. The molecule has 1 aliphatic rings. The molecule has 0 radical (unpaired) electrons. The van der Waals surface area contributed by atoms with Gasteiger partial charge in [-0.25, -0.2) is 4.79 Å². The van der Waals surface area contributed by atoms with Gasteiger partial charge in [0.05, 0.1) is 0 Å². The molecule has 1 saturated carbocycles. The van der Waals surface area contributed by atoms with Crippen LogP contribution in [0.5, 0.6) is 0 Å². The molecule has 6 nitrogen and oxygen atoms in total. The van der Waals surface area contributed by atoms with Crippen LogP contribution in [0.15, 0.2) is 29.4 Å². The standard InChI is InChI=1S/C15H22N4O2/c1-19(15(20)17-13-7-2-3-8-13)10-11-5-4-6-12(9-11)14(16)18-21/h4-6,9,13,21H,2-3,7-8,10H2,1H3,(H2,16,18)(H,17,20). The van der Waals surface area contributed by atoms with Crippen LogP contribution in [0.3, 0.4) is 0 Å². The van der Waals surface area contributed by atoms with Crippen molar-refractivity contribution in [3.63, 3.8) is 0 Å². The Balaban J connectivity index is 1.95. The average molecular weight is 290 g/mol.